The molecule has 0 saturated heterocycles. The van der Waals surface area contributed by atoms with Gasteiger partial charge >= 0.3 is 6.09 Å². The number of carbonyl (C=O) groups is 1. The fraction of sp³-hybridized carbons (Fsp3) is 0.562. The summed E-state index contributed by atoms with van der Waals surface area (Å²) in [6, 6.07) is 10.1. The van der Waals surface area contributed by atoms with Gasteiger partial charge in [-0.1, -0.05) is 43.7 Å². The van der Waals surface area contributed by atoms with Crippen molar-refractivity contribution in [2.45, 2.75) is 38.8 Å². The molecule has 1 fully saturated rings. The molecular weight excluding hydrogens is 252 g/mol. The number of rotatable bonds is 7. The maximum absolute atomic E-state index is 12.2. The SMILES string of the molecule is CCC(CN)CN(C(=O)OCc1ccccc1)C1CC1. The van der Waals surface area contributed by atoms with Crippen LogP contribution in [0.25, 0.3) is 0 Å². The summed E-state index contributed by atoms with van der Waals surface area (Å²) in [7, 11) is 0. The summed E-state index contributed by atoms with van der Waals surface area (Å²) in [6.07, 6.45) is 2.96. The lowest BCUT2D eigenvalue weighted by molar-refractivity contribution is 0.0875. The lowest BCUT2D eigenvalue weighted by Gasteiger charge is -2.25. The molecule has 4 nitrogen and oxygen atoms in total. The standard InChI is InChI=1S/C16H24N2O2/c1-2-13(10-17)11-18(15-8-9-15)16(19)20-12-14-6-4-3-5-7-14/h3-7,13,15H,2,8-12,17H2,1H3. The van der Waals surface area contributed by atoms with Crippen molar-refractivity contribution in [1.29, 1.82) is 0 Å². The van der Waals surface area contributed by atoms with Crippen molar-refractivity contribution in [1.82, 2.24) is 4.90 Å². The third-order valence-corrected chi connectivity index (χ3v) is 3.79. The average Bonchev–Trinajstić information content (AvgIpc) is 3.32. The smallest absolute Gasteiger partial charge is 0.410 e. The van der Waals surface area contributed by atoms with Crippen LogP contribution in [0.2, 0.25) is 0 Å². The van der Waals surface area contributed by atoms with E-state index in [1.165, 1.54) is 0 Å². The Morgan fingerprint density at radius 2 is 2.10 bits per heavy atom. The van der Waals surface area contributed by atoms with Crippen molar-refractivity contribution >= 4 is 6.09 Å². The molecule has 4 heteroatoms. The molecule has 1 aliphatic carbocycles. The van der Waals surface area contributed by atoms with Crippen LogP contribution in [0.1, 0.15) is 31.7 Å². The van der Waals surface area contributed by atoms with E-state index >= 15 is 0 Å². The molecule has 1 aromatic rings. The molecule has 1 aromatic carbocycles. The Kier molecular flexibility index (Phi) is 5.41. The molecule has 1 amide bonds. The number of amides is 1. The first kappa shape index (κ1) is 14.9. The van der Waals surface area contributed by atoms with Gasteiger partial charge in [-0.3, -0.25) is 0 Å². The largest absolute Gasteiger partial charge is 0.445 e. The molecular formula is C16H24N2O2. The first-order valence-corrected chi connectivity index (χ1v) is 7.42. The molecule has 110 valence electrons. The van der Waals surface area contributed by atoms with Crippen molar-refractivity contribution in [2.24, 2.45) is 11.7 Å². The Hall–Kier alpha value is -1.55. The highest BCUT2D eigenvalue weighted by molar-refractivity contribution is 5.68. The summed E-state index contributed by atoms with van der Waals surface area (Å²) in [5.74, 6) is 0.361. The van der Waals surface area contributed by atoms with E-state index in [1.807, 2.05) is 35.2 Å². The number of nitrogens with two attached hydrogens (primary N) is 1. The van der Waals surface area contributed by atoms with Crippen LogP contribution in [0.3, 0.4) is 0 Å². The Labute approximate surface area is 120 Å². The second-order valence-corrected chi connectivity index (χ2v) is 5.43. The van der Waals surface area contributed by atoms with E-state index in [2.05, 4.69) is 6.92 Å². The highest BCUT2D eigenvalue weighted by Crippen LogP contribution is 2.28. The zero-order valence-electron chi connectivity index (χ0n) is 12.1. The summed E-state index contributed by atoms with van der Waals surface area (Å²) in [5.41, 5.74) is 6.75. The molecule has 0 bridgehead atoms. The molecule has 0 aromatic heterocycles. The summed E-state index contributed by atoms with van der Waals surface area (Å²) in [5, 5.41) is 0. The number of carbonyl (C=O) groups excluding carboxylic acids is 1. The Balaban J connectivity index is 1.87. The Bertz CT molecular complexity index is 414. The number of ether oxygens (including phenoxy) is 1. The molecule has 1 saturated carbocycles. The molecule has 0 heterocycles. The van der Waals surface area contributed by atoms with Crippen molar-refractivity contribution in [3.63, 3.8) is 0 Å². The number of benzene rings is 1. The van der Waals surface area contributed by atoms with Crippen LogP contribution in [0, 0.1) is 5.92 Å². The van der Waals surface area contributed by atoms with Gasteiger partial charge in [-0.05, 0) is 30.9 Å². The molecule has 20 heavy (non-hydrogen) atoms. The van der Waals surface area contributed by atoms with Gasteiger partial charge < -0.3 is 15.4 Å². The van der Waals surface area contributed by atoms with E-state index < -0.39 is 0 Å². The second-order valence-electron chi connectivity index (χ2n) is 5.43. The first-order chi connectivity index (χ1) is 9.74. The lowest BCUT2D eigenvalue weighted by Crippen LogP contribution is -2.39. The first-order valence-electron chi connectivity index (χ1n) is 7.42. The zero-order chi connectivity index (χ0) is 14.4. The average molecular weight is 276 g/mol. The van der Waals surface area contributed by atoms with Crippen LogP contribution >= 0.6 is 0 Å². The number of nitrogens with zero attached hydrogens (tertiary/aromatic N) is 1. The van der Waals surface area contributed by atoms with Gasteiger partial charge in [-0.2, -0.15) is 0 Å². The van der Waals surface area contributed by atoms with E-state index in [0.29, 0.717) is 31.7 Å². The lowest BCUT2D eigenvalue weighted by atomic mass is 10.1. The van der Waals surface area contributed by atoms with E-state index in [0.717, 1.165) is 24.8 Å². The predicted octanol–water partition coefficient (Wildman–Crippen LogP) is 2.77. The molecule has 2 rings (SSSR count). The van der Waals surface area contributed by atoms with Crippen LogP contribution in [0.5, 0.6) is 0 Å². The van der Waals surface area contributed by atoms with E-state index in [4.69, 9.17) is 10.5 Å². The van der Waals surface area contributed by atoms with Crippen molar-refractivity contribution in [3.05, 3.63) is 35.9 Å². The second kappa shape index (κ2) is 7.29. The molecule has 0 aliphatic heterocycles. The molecule has 0 radical (unpaired) electrons. The maximum atomic E-state index is 12.2. The fourth-order valence-electron chi connectivity index (χ4n) is 2.21. The third kappa shape index (κ3) is 4.23. The highest BCUT2D eigenvalue weighted by atomic mass is 16.6. The van der Waals surface area contributed by atoms with Gasteiger partial charge in [-0.25, -0.2) is 4.79 Å². The Morgan fingerprint density at radius 1 is 1.40 bits per heavy atom. The third-order valence-electron chi connectivity index (χ3n) is 3.79. The summed E-state index contributed by atoms with van der Waals surface area (Å²) >= 11 is 0. The van der Waals surface area contributed by atoms with Gasteiger partial charge in [0.15, 0.2) is 0 Å². The normalized spacial score (nSPS) is 15.7. The predicted molar refractivity (Wildman–Crippen MR) is 79.2 cm³/mol. The summed E-state index contributed by atoms with van der Waals surface area (Å²) in [6.45, 7) is 3.77. The van der Waals surface area contributed by atoms with Crippen LogP contribution < -0.4 is 5.73 Å². The van der Waals surface area contributed by atoms with Crippen LogP contribution in [0.4, 0.5) is 4.79 Å². The summed E-state index contributed by atoms with van der Waals surface area (Å²) in [4.78, 5) is 14.1. The van der Waals surface area contributed by atoms with E-state index in [-0.39, 0.29) is 6.09 Å². The quantitative estimate of drug-likeness (QED) is 0.833. The van der Waals surface area contributed by atoms with Gasteiger partial charge in [0.1, 0.15) is 6.61 Å². The van der Waals surface area contributed by atoms with Crippen molar-refractivity contribution < 1.29 is 9.53 Å². The molecule has 0 spiro atoms. The minimum absolute atomic E-state index is 0.205. The van der Waals surface area contributed by atoms with Gasteiger partial charge in [0, 0.05) is 12.6 Å². The summed E-state index contributed by atoms with van der Waals surface area (Å²) < 4.78 is 5.43. The van der Waals surface area contributed by atoms with Gasteiger partial charge in [0.25, 0.3) is 0 Å². The van der Waals surface area contributed by atoms with Crippen LogP contribution in [0.15, 0.2) is 30.3 Å². The Morgan fingerprint density at radius 3 is 2.65 bits per heavy atom. The van der Waals surface area contributed by atoms with Crippen molar-refractivity contribution in [2.75, 3.05) is 13.1 Å². The topological polar surface area (TPSA) is 55.6 Å². The molecule has 2 N–H and O–H groups in total. The maximum Gasteiger partial charge on any atom is 0.410 e. The monoisotopic (exact) mass is 276 g/mol. The van der Waals surface area contributed by atoms with Crippen LogP contribution in [-0.2, 0) is 11.3 Å². The molecule has 1 aliphatic rings. The molecule has 1 atom stereocenters. The van der Waals surface area contributed by atoms with Crippen LogP contribution in [-0.4, -0.2) is 30.1 Å². The number of hydrogen-bond donors (Lipinski definition) is 1. The van der Waals surface area contributed by atoms with E-state index in [9.17, 15) is 4.79 Å². The zero-order valence-corrected chi connectivity index (χ0v) is 12.1. The molecule has 1 unspecified atom stereocenters. The fourth-order valence-corrected chi connectivity index (χ4v) is 2.21. The van der Waals surface area contributed by atoms with Gasteiger partial charge in [-0.15, -0.1) is 0 Å². The minimum Gasteiger partial charge on any atom is -0.445 e. The number of hydrogen-bond acceptors (Lipinski definition) is 3. The van der Waals surface area contributed by atoms with E-state index in [1.54, 1.807) is 0 Å². The highest BCUT2D eigenvalue weighted by Gasteiger charge is 2.34. The van der Waals surface area contributed by atoms with Crippen molar-refractivity contribution in [3.8, 4) is 0 Å². The van der Waals surface area contributed by atoms with Gasteiger partial charge in [0.05, 0.1) is 0 Å². The minimum atomic E-state index is -0.205. The van der Waals surface area contributed by atoms with Gasteiger partial charge in [0.2, 0.25) is 0 Å².